The molecule has 0 heterocycles. The zero-order chi connectivity index (χ0) is 11.3. The Kier molecular flexibility index (Phi) is 4.62. The van der Waals surface area contributed by atoms with Gasteiger partial charge in [0.15, 0.2) is 0 Å². The van der Waals surface area contributed by atoms with Gasteiger partial charge in [-0.25, -0.2) is 0 Å². The van der Waals surface area contributed by atoms with Gasteiger partial charge in [0, 0.05) is 0 Å². The average molecular weight is 212 g/mol. The summed E-state index contributed by atoms with van der Waals surface area (Å²) in [6, 6.07) is 0. The van der Waals surface area contributed by atoms with Gasteiger partial charge in [-0.1, -0.05) is 40.0 Å². The first-order valence-electron chi connectivity index (χ1n) is 6.24. The van der Waals surface area contributed by atoms with Gasteiger partial charge in [0.1, 0.15) is 0 Å². The van der Waals surface area contributed by atoms with E-state index in [2.05, 4.69) is 20.8 Å². The van der Waals surface area contributed by atoms with Gasteiger partial charge in [0.05, 0.1) is 12.5 Å². The van der Waals surface area contributed by atoms with Crippen LogP contribution in [-0.2, 0) is 9.53 Å². The first-order chi connectivity index (χ1) is 7.08. The molecule has 1 atom stereocenters. The van der Waals surface area contributed by atoms with Crippen LogP contribution in [0.2, 0.25) is 0 Å². The van der Waals surface area contributed by atoms with Gasteiger partial charge in [-0.05, 0) is 24.7 Å². The monoisotopic (exact) mass is 212 g/mol. The largest absolute Gasteiger partial charge is 0.465 e. The van der Waals surface area contributed by atoms with E-state index in [1.165, 1.54) is 12.8 Å². The van der Waals surface area contributed by atoms with Gasteiger partial charge in [0.2, 0.25) is 0 Å². The van der Waals surface area contributed by atoms with Gasteiger partial charge in [-0.2, -0.15) is 0 Å². The van der Waals surface area contributed by atoms with E-state index in [4.69, 9.17) is 4.74 Å². The molecule has 0 aromatic carbocycles. The fourth-order valence-corrected chi connectivity index (χ4v) is 2.35. The van der Waals surface area contributed by atoms with Gasteiger partial charge >= 0.3 is 5.97 Å². The molecule has 0 radical (unpaired) electrons. The Labute approximate surface area is 93.4 Å². The van der Waals surface area contributed by atoms with Crippen LogP contribution in [-0.4, -0.2) is 12.6 Å². The maximum atomic E-state index is 11.9. The molecule has 1 saturated carbocycles. The fraction of sp³-hybridized carbons (Fsp3) is 0.923. The van der Waals surface area contributed by atoms with Gasteiger partial charge in [0.25, 0.3) is 0 Å². The van der Waals surface area contributed by atoms with Crippen LogP contribution < -0.4 is 0 Å². The maximum Gasteiger partial charge on any atom is 0.309 e. The Bertz CT molecular complexity index is 209. The summed E-state index contributed by atoms with van der Waals surface area (Å²) in [5.41, 5.74) is 0.140. The second-order valence-electron chi connectivity index (χ2n) is 5.31. The summed E-state index contributed by atoms with van der Waals surface area (Å²) in [6.07, 6.45) is 6.67. The van der Waals surface area contributed by atoms with Crippen LogP contribution in [0.1, 0.15) is 59.3 Å². The highest BCUT2D eigenvalue weighted by atomic mass is 16.5. The second kappa shape index (κ2) is 5.53. The number of carbonyl (C=O) groups excluding carboxylic acids is 1. The molecule has 1 aliphatic rings. The van der Waals surface area contributed by atoms with Crippen molar-refractivity contribution in [1.29, 1.82) is 0 Å². The summed E-state index contributed by atoms with van der Waals surface area (Å²) in [7, 11) is 0. The smallest absolute Gasteiger partial charge is 0.309 e. The zero-order valence-electron chi connectivity index (χ0n) is 10.3. The van der Waals surface area contributed by atoms with Gasteiger partial charge < -0.3 is 4.74 Å². The summed E-state index contributed by atoms with van der Waals surface area (Å²) in [4.78, 5) is 11.9. The molecule has 0 amide bonds. The predicted molar refractivity (Wildman–Crippen MR) is 61.6 cm³/mol. The Balaban J connectivity index is 2.42. The third kappa shape index (κ3) is 3.51. The molecule has 0 aromatic heterocycles. The fourth-order valence-electron chi connectivity index (χ4n) is 2.35. The summed E-state index contributed by atoms with van der Waals surface area (Å²) in [5.74, 6) is 0.163. The molecule has 0 bridgehead atoms. The number of carbonyl (C=O) groups is 1. The first kappa shape index (κ1) is 12.5. The Morgan fingerprint density at radius 3 is 2.73 bits per heavy atom. The molecule has 0 N–H and O–H groups in total. The van der Waals surface area contributed by atoms with E-state index in [0.29, 0.717) is 6.61 Å². The average Bonchev–Trinajstić information content (AvgIpc) is 2.17. The van der Waals surface area contributed by atoms with E-state index >= 15 is 0 Å². The molecule has 1 unspecified atom stereocenters. The van der Waals surface area contributed by atoms with E-state index in [-0.39, 0.29) is 17.3 Å². The highest BCUT2D eigenvalue weighted by Crippen LogP contribution is 2.41. The molecule has 0 aliphatic heterocycles. The Morgan fingerprint density at radius 2 is 2.13 bits per heavy atom. The van der Waals surface area contributed by atoms with Crippen molar-refractivity contribution in [3.63, 3.8) is 0 Å². The van der Waals surface area contributed by atoms with Crippen LogP contribution in [0.4, 0.5) is 0 Å². The summed E-state index contributed by atoms with van der Waals surface area (Å²) in [5, 5.41) is 0. The molecule has 0 aromatic rings. The van der Waals surface area contributed by atoms with Crippen LogP contribution in [0.25, 0.3) is 0 Å². The molecular weight excluding hydrogens is 188 g/mol. The van der Waals surface area contributed by atoms with E-state index in [0.717, 1.165) is 25.7 Å². The number of ether oxygens (including phenoxy) is 1. The maximum absolute atomic E-state index is 11.9. The van der Waals surface area contributed by atoms with Crippen LogP contribution in [0.15, 0.2) is 0 Å². The van der Waals surface area contributed by atoms with E-state index in [9.17, 15) is 4.79 Å². The van der Waals surface area contributed by atoms with Crippen molar-refractivity contribution in [2.75, 3.05) is 6.61 Å². The third-order valence-corrected chi connectivity index (χ3v) is 3.53. The Hall–Kier alpha value is -0.530. The third-order valence-electron chi connectivity index (χ3n) is 3.53. The summed E-state index contributed by atoms with van der Waals surface area (Å²) >= 11 is 0. The lowest BCUT2D eigenvalue weighted by molar-refractivity contribution is -0.154. The molecule has 1 fully saturated rings. The summed E-state index contributed by atoms with van der Waals surface area (Å²) < 4.78 is 5.32. The number of hydrogen-bond acceptors (Lipinski definition) is 2. The number of hydrogen-bond donors (Lipinski definition) is 0. The van der Waals surface area contributed by atoms with Gasteiger partial charge in [-0.3, -0.25) is 4.79 Å². The van der Waals surface area contributed by atoms with Crippen molar-refractivity contribution in [2.45, 2.75) is 59.3 Å². The minimum absolute atomic E-state index is 0.0353. The Morgan fingerprint density at radius 1 is 1.40 bits per heavy atom. The standard InChI is InChI=1S/C13H24O2/c1-4-5-10-15-12(14)11-8-6-7-9-13(11,2)3/h11H,4-10H2,1-3H3. The molecule has 0 saturated heterocycles. The van der Waals surface area contributed by atoms with Crippen molar-refractivity contribution in [3.05, 3.63) is 0 Å². The molecule has 1 rings (SSSR count). The van der Waals surface area contributed by atoms with Crippen LogP contribution in [0, 0.1) is 11.3 Å². The number of rotatable bonds is 4. The lowest BCUT2D eigenvalue weighted by Gasteiger charge is -2.36. The SMILES string of the molecule is CCCCOC(=O)C1CCCCC1(C)C. The number of unbranched alkanes of at least 4 members (excludes halogenated alkanes) is 1. The van der Waals surface area contributed by atoms with Crippen LogP contribution in [0.3, 0.4) is 0 Å². The molecule has 1 aliphatic carbocycles. The lowest BCUT2D eigenvalue weighted by Crippen LogP contribution is -2.35. The van der Waals surface area contributed by atoms with Crippen molar-refractivity contribution in [3.8, 4) is 0 Å². The summed E-state index contributed by atoms with van der Waals surface area (Å²) in [6.45, 7) is 7.09. The number of esters is 1. The topological polar surface area (TPSA) is 26.3 Å². The molecule has 88 valence electrons. The molecule has 2 heteroatoms. The zero-order valence-corrected chi connectivity index (χ0v) is 10.3. The van der Waals surface area contributed by atoms with E-state index < -0.39 is 0 Å². The minimum atomic E-state index is 0.0353. The van der Waals surface area contributed by atoms with Gasteiger partial charge in [-0.15, -0.1) is 0 Å². The second-order valence-corrected chi connectivity index (χ2v) is 5.31. The highest BCUT2D eigenvalue weighted by molar-refractivity contribution is 5.73. The van der Waals surface area contributed by atoms with E-state index in [1.54, 1.807) is 0 Å². The first-order valence-corrected chi connectivity index (χ1v) is 6.24. The van der Waals surface area contributed by atoms with Crippen molar-refractivity contribution in [1.82, 2.24) is 0 Å². The van der Waals surface area contributed by atoms with Crippen molar-refractivity contribution in [2.24, 2.45) is 11.3 Å². The lowest BCUT2D eigenvalue weighted by atomic mass is 9.69. The quantitative estimate of drug-likeness (QED) is 0.526. The van der Waals surface area contributed by atoms with Crippen LogP contribution in [0.5, 0.6) is 0 Å². The normalized spacial score (nSPS) is 24.9. The minimum Gasteiger partial charge on any atom is -0.465 e. The van der Waals surface area contributed by atoms with Crippen molar-refractivity contribution >= 4 is 5.97 Å². The molecule has 0 spiro atoms. The highest BCUT2D eigenvalue weighted by Gasteiger charge is 2.37. The molecule has 15 heavy (non-hydrogen) atoms. The van der Waals surface area contributed by atoms with Crippen LogP contribution >= 0.6 is 0 Å². The molecular formula is C13H24O2. The molecule has 2 nitrogen and oxygen atoms in total. The van der Waals surface area contributed by atoms with Crippen molar-refractivity contribution < 1.29 is 9.53 Å². The van der Waals surface area contributed by atoms with E-state index in [1.807, 2.05) is 0 Å². The predicted octanol–water partition coefficient (Wildman–Crippen LogP) is 3.55.